The van der Waals surface area contributed by atoms with Crippen LogP contribution in [0.4, 0.5) is 0 Å². The van der Waals surface area contributed by atoms with Crippen molar-refractivity contribution in [2.75, 3.05) is 6.61 Å². The van der Waals surface area contributed by atoms with Crippen LogP contribution < -0.4 is 0 Å². The van der Waals surface area contributed by atoms with Crippen LogP contribution in [0.1, 0.15) is 12.5 Å². The first-order valence-electron chi connectivity index (χ1n) is 4.72. The van der Waals surface area contributed by atoms with E-state index in [1.807, 2.05) is 30.3 Å². The number of hydrogen-bond donors (Lipinski definition) is 0. The summed E-state index contributed by atoms with van der Waals surface area (Å²) in [6.45, 7) is 1.97. The molecule has 4 heteroatoms. The first-order valence-corrected chi connectivity index (χ1v) is 5.79. The summed E-state index contributed by atoms with van der Waals surface area (Å²) in [5.41, 5.74) is 0.834. The van der Waals surface area contributed by atoms with E-state index in [-0.39, 0.29) is 12.2 Å². The van der Waals surface area contributed by atoms with Gasteiger partial charge in [-0.2, -0.15) is 5.26 Å². The van der Waals surface area contributed by atoms with E-state index in [2.05, 4.69) is 22.6 Å². The maximum atomic E-state index is 11.3. The van der Waals surface area contributed by atoms with E-state index >= 15 is 0 Å². The van der Waals surface area contributed by atoms with E-state index in [0.29, 0.717) is 0 Å². The van der Waals surface area contributed by atoms with E-state index in [1.165, 1.54) is 6.08 Å². The fourth-order valence-corrected chi connectivity index (χ4v) is 1.68. The summed E-state index contributed by atoms with van der Waals surface area (Å²) in [4.78, 5) is 11.3. The van der Waals surface area contributed by atoms with Crippen LogP contribution in [0.5, 0.6) is 0 Å². The molecular formula is C12H10INO2. The van der Waals surface area contributed by atoms with Crippen molar-refractivity contribution in [3.63, 3.8) is 0 Å². The van der Waals surface area contributed by atoms with Gasteiger partial charge in [0.2, 0.25) is 0 Å². The molecule has 0 aliphatic rings. The number of carbonyl (C=O) groups excluding carboxylic acids is 1. The van der Waals surface area contributed by atoms with E-state index in [0.717, 1.165) is 9.13 Å². The molecule has 1 rings (SSSR count). The van der Waals surface area contributed by atoms with Gasteiger partial charge in [-0.1, -0.05) is 12.1 Å². The molecule has 1 aromatic rings. The monoisotopic (exact) mass is 327 g/mol. The summed E-state index contributed by atoms with van der Waals surface area (Å²) < 4.78 is 5.81. The number of hydrogen-bond acceptors (Lipinski definition) is 3. The summed E-state index contributed by atoms with van der Waals surface area (Å²) in [6, 6.07) is 9.36. The zero-order valence-electron chi connectivity index (χ0n) is 8.74. The van der Waals surface area contributed by atoms with Gasteiger partial charge in [0.05, 0.1) is 6.61 Å². The van der Waals surface area contributed by atoms with Crippen LogP contribution in [-0.2, 0) is 9.53 Å². The number of carbonyl (C=O) groups is 1. The minimum Gasteiger partial charge on any atom is -0.462 e. The standard InChI is InChI=1S/C12H10INO2/c1-2-16-12(15)10(8-14)6-9-4-3-5-11(13)7-9/h3-7H,2H2,1H3/b10-6-. The average molecular weight is 327 g/mol. The molecule has 1 aromatic carbocycles. The molecule has 0 atom stereocenters. The fraction of sp³-hybridized carbons (Fsp3) is 0.167. The lowest BCUT2D eigenvalue weighted by Gasteiger charge is -2.00. The Bertz CT molecular complexity index is 460. The molecule has 16 heavy (non-hydrogen) atoms. The van der Waals surface area contributed by atoms with Crippen molar-refractivity contribution in [3.05, 3.63) is 39.0 Å². The lowest BCUT2D eigenvalue weighted by atomic mass is 10.1. The molecule has 0 amide bonds. The molecule has 0 aliphatic heterocycles. The minimum absolute atomic E-state index is 0.0175. The first kappa shape index (κ1) is 12.7. The van der Waals surface area contributed by atoms with Crippen LogP contribution >= 0.6 is 22.6 Å². The second-order valence-electron chi connectivity index (χ2n) is 2.95. The first-order chi connectivity index (χ1) is 7.67. The second kappa shape index (κ2) is 6.28. The Hall–Kier alpha value is -1.35. The highest BCUT2D eigenvalue weighted by Gasteiger charge is 2.09. The number of ether oxygens (including phenoxy) is 1. The molecule has 3 nitrogen and oxygen atoms in total. The van der Waals surface area contributed by atoms with Crippen molar-refractivity contribution in [1.29, 1.82) is 5.26 Å². The molecule has 0 aliphatic carbocycles. The van der Waals surface area contributed by atoms with E-state index in [4.69, 9.17) is 10.00 Å². The van der Waals surface area contributed by atoms with Gasteiger partial charge in [-0.05, 0) is 53.3 Å². The average Bonchev–Trinajstić information content (AvgIpc) is 2.26. The predicted octanol–water partition coefficient (Wildman–Crippen LogP) is 2.76. The van der Waals surface area contributed by atoms with Crippen molar-refractivity contribution < 1.29 is 9.53 Å². The van der Waals surface area contributed by atoms with Crippen LogP contribution in [0.25, 0.3) is 6.08 Å². The van der Waals surface area contributed by atoms with Gasteiger partial charge < -0.3 is 4.74 Å². The summed E-state index contributed by atoms with van der Waals surface area (Å²) in [7, 11) is 0. The molecule has 0 unspecified atom stereocenters. The van der Waals surface area contributed by atoms with Gasteiger partial charge >= 0.3 is 5.97 Å². The van der Waals surface area contributed by atoms with Gasteiger partial charge in [0.1, 0.15) is 11.6 Å². The Morgan fingerprint density at radius 3 is 2.94 bits per heavy atom. The molecule has 0 spiro atoms. The summed E-state index contributed by atoms with van der Waals surface area (Å²) >= 11 is 2.17. The highest BCUT2D eigenvalue weighted by molar-refractivity contribution is 14.1. The minimum atomic E-state index is -0.580. The lowest BCUT2D eigenvalue weighted by molar-refractivity contribution is -0.137. The van der Waals surface area contributed by atoms with Crippen LogP contribution in [0.2, 0.25) is 0 Å². The topological polar surface area (TPSA) is 50.1 Å². The van der Waals surface area contributed by atoms with E-state index in [9.17, 15) is 4.79 Å². The van der Waals surface area contributed by atoms with Crippen LogP contribution in [0.15, 0.2) is 29.8 Å². The molecule has 0 aromatic heterocycles. The van der Waals surface area contributed by atoms with Crippen molar-refractivity contribution in [2.45, 2.75) is 6.92 Å². The Labute approximate surface area is 108 Å². The second-order valence-corrected chi connectivity index (χ2v) is 4.19. The van der Waals surface area contributed by atoms with Crippen LogP contribution in [0.3, 0.4) is 0 Å². The summed E-state index contributed by atoms with van der Waals surface area (Å²) in [6.07, 6.45) is 1.53. The maximum absolute atomic E-state index is 11.3. The summed E-state index contributed by atoms with van der Waals surface area (Å²) in [5, 5.41) is 8.83. The largest absolute Gasteiger partial charge is 0.462 e. The summed E-state index contributed by atoms with van der Waals surface area (Å²) in [5.74, 6) is -0.580. The molecule has 82 valence electrons. The maximum Gasteiger partial charge on any atom is 0.348 e. The number of rotatable bonds is 3. The van der Waals surface area contributed by atoms with Gasteiger partial charge in [0.25, 0.3) is 0 Å². The van der Waals surface area contributed by atoms with E-state index < -0.39 is 5.97 Å². The number of nitrogens with zero attached hydrogens (tertiary/aromatic N) is 1. The molecule has 0 N–H and O–H groups in total. The highest BCUT2D eigenvalue weighted by atomic mass is 127. The van der Waals surface area contributed by atoms with Gasteiger partial charge in [0, 0.05) is 3.57 Å². The molecule has 0 saturated carbocycles. The van der Waals surface area contributed by atoms with Crippen molar-refractivity contribution in [1.82, 2.24) is 0 Å². The highest BCUT2D eigenvalue weighted by Crippen LogP contribution is 2.12. The molecule has 0 bridgehead atoms. The quantitative estimate of drug-likeness (QED) is 0.371. The molecular weight excluding hydrogens is 317 g/mol. The number of nitriles is 1. The number of esters is 1. The smallest absolute Gasteiger partial charge is 0.348 e. The lowest BCUT2D eigenvalue weighted by Crippen LogP contribution is -2.05. The third-order valence-corrected chi connectivity index (χ3v) is 2.45. The normalized spacial score (nSPS) is 10.7. The third kappa shape index (κ3) is 3.66. The van der Waals surface area contributed by atoms with Gasteiger partial charge in [-0.15, -0.1) is 0 Å². The number of benzene rings is 1. The zero-order valence-corrected chi connectivity index (χ0v) is 10.9. The SMILES string of the molecule is CCOC(=O)/C(C#N)=C\c1cccc(I)c1. The molecule has 0 radical (unpaired) electrons. The Morgan fingerprint density at radius 1 is 1.62 bits per heavy atom. The third-order valence-electron chi connectivity index (χ3n) is 1.78. The Kier molecular flexibility index (Phi) is 4.99. The Balaban J connectivity index is 2.97. The van der Waals surface area contributed by atoms with Crippen LogP contribution in [0, 0.1) is 14.9 Å². The van der Waals surface area contributed by atoms with Crippen LogP contribution in [-0.4, -0.2) is 12.6 Å². The Morgan fingerprint density at radius 2 is 2.38 bits per heavy atom. The molecule has 0 saturated heterocycles. The van der Waals surface area contributed by atoms with E-state index in [1.54, 1.807) is 6.92 Å². The fourth-order valence-electron chi connectivity index (χ4n) is 1.11. The van der Waals surface area contributed by atoms with Gasteiger partial charge in [0.15, 0.2) is 0 Å². The zero-order chi connectivity index (χ0) is 12.0. The van der Waals surface area contributed by atoms with Gasteiger partial charge in [-0.25, -0.2) is 4.79 Å². The predicted molar refractivity (Wildman–Crippen MR) is 69.4 cm³/mol. The van der Waals surface area contributed by atoms with Gasteiger partial charge in [-0.3, -0.25) is 0 Å². The van der Waals surface area contributed by atoms with Crippen molar-refractivity contribution in [2.24, 2.45) is 0 Å². The number of halogens is 1. The molecule has 0 heterocycles. The van der Waals surface area contributed by atoms with Crippen molar-refractivity contribution in [3.8, 4) is 6.07 Å². The van der Waals surface area contributed by atoms with Crippen molar-refractivity contribution >= 4 is 34.6 Å². The molecule has 0 fully saturated rings.